The van der Waals surface area contributed by atoms with Crippen molar-refractivity contribution >= 4 is 39.4 Å². The lowest BCUT2D eigenvalue weighted by molar-refractivity contribution is -0.122. The van der Waals surface area contributed by atoms with Crippen molar-refractivity contribution in [2.24, 2.45) is 17.8 Å². The third-order valence-electron chi connectivity index (χ3n) is 5.55. The Balaban J connectivity index is 1.55. The average molecular weight is 442 g/mol. The van der Waals surface area contributed by atoms with E-state index in [0.717, 1.165) is 23.7 Å². The average Bonchev–Trinajstić information content (AvgIpc) is 2.92. The first-order chi connectivity index (χ1) is 13.4. The second-order valence-electron chi connectivity index (χ2n) is 7.54. The van der Waals surface area contributed by atoms with E-state index in [4.69, 9.17) is 4.74 Å². The van der Waals surface area contributed by atoms with Gasteiger partial charge in [-0.1, -0.05) is 28.9 Å². The summed E-state index contributed by atoms with van der Waals surface area (Å²) in [6, 6.07) is 13.5. The van der Waals surface area contributed by atoms with E-state index >= 15 is 0 Å². The largest absolute Gasteiger partial charge is 0.423 e. The molecule has 0 radical (unpaired) electrons. The Bertz CT molecular complexity index is 940. The van der Waals surface area contributed by atoms with Crippen molar-refractivity contribution < 1.29 is 19.1 Å². The molecule has 2 aromatic rings. The number of hydrogen-bond donors (Lipinski definition) is 0. The van der Waals surface area contributed by atoms with Gasteiger partial charge in [0.15, 0.2) is 0 Å². The lowest BCUT2D eigenvalue weighted by Crippen LogP contribution is -2.30. The van der Waals surface area contributed by atoms with Crippen molar-refractivity contribution in [1.82, 2.24) is 0 Å². The van der Waals surface area contributed by atoms with Gasteiger partial charge in [-0.3, -0.25) is 9.59 Å². The van der Waals surface area contributed by atoms with Gasteiger partial charge in [0.25, 0.3) is 0 Å². The van der Waals surface area contributed by atoms with Gasteiger partial charge in [-0.15, -0.1) is 0 Å². The number of carbonyl (C=O) groups is 3. The van der Waals surface area contributed by atoms with Gasteiger partial charge in [0.2, 0.25) is 11.8 Å². The molecule has 5 nitrogen and oxygen atoms in total. The minimum Gasteiger partial charge on any atom is -0.423 e. The SMILES string of the molecule is C[C@H]1CC[C@@H]2C(=O)N(c3cccc(OC(=O)c4ccc(Br)cc4)c3)C(=O)[C@@H]2C1. The number of rotatable bonds is 3. The number of ether oxygens (including phenoxy) is 1. The van der Waals surface area contributed by atoms with E-state index in [1.54, 1.807) is 48.5 Å². The first-order valence-corrected chi connectivity index (χ1v) is 10.2. The molecule has 6 heteroatoms. The number of amides is 2. The van der Waals surface area contributed by atoms with Crippen LogP contribution in [0.4, 0.5) is 5.69 Å². The number of imide groups is 1. The quantitative estimate of drug-likeness (QED) is 0.396. The predicted octanol–water partition coefficient (Wildman–Crippen LogP) is 4.59. The van der Waals surface area contributed by atoms with Crippen LogP contribution in [0.2, 0.25) is 0 Å². The zero-order valence-electron chi connectivity index (χ0n) is 15.4. The van der Waals surface area contributed by atoms with Gasteiger partial charge in [-0.05, 0) is 61.6 Å². The summed E-state index contributed by atoms with van der Waals surface area (Å²) in [5, 5.41) is 0. The monoisotopic (exact) mass is 441 g/mol. The molecule has 2 aliphatic rings. The van der Waals surface area contributed by atoms with Crippen LogP contribution in [0.25, 0.3) is 0 Å². The summed E-state index contributed by atoms with van der Waals surface area (Å²) in [5.74, 6) is -0.476. The zero-order valence-corrected chi connectivity index (χ0v) is 17.0. The Hall–Kier alpha value is -2.47. The topological polar surface area (TPSA) is 63.7 Å². The Morgan fingerprint density at radius 2 is 1.75 bits per heavy atom. The summed E-state index contributed by atoms with van der Waals surface area (Å²) in [5.41, 5.74) is 0.875. The van der Waals surface area contributed by atoms with E-state index in [0.29, 0.717) is 22.9 Å². The van der Waals surface area contributed by atoms with Crippen LogP contribution in [0.3, 0.4) is 0 Å². The molecule has 3 atom stereocenters. The molecule has 2 fully saturated rings. The van der Waals surface area contributed by atoms with Crippen molar-refractivity contribution in [2.45, 2.75) is 26.2 Å². The maximum absolute atomic E-state index is 12.9. The molecule has 1 saturated carbocycles. The first kappa shape index (κ1) is 18.9. The highest BCUT2D eigenvalue weighted by molar-refractivity contribution is 9.10. The molecule has 0 spiro atoms. The normalized spacial score (nSPS) is 24.2. The lowest BCUT2D eigenvalue weighted by Gasteiger charge is -2.25. The number of hydrogen-bond acceptors (Lipinski definition) is 4. The molecule has 144 valence electrons. The number of benzene rings is 2. The van der Waals surface area contributed by atoms with Crippen molar-refractivity contribution in [3.05, 3.63) is 58.6 Å². The highest BCUT2D eigenvalue weighted by atomic mass is 79.9. The second kappa shape index (κ2) is 7.51. The molecule has 2 amide bonds. The molecule has 1 aliphatic carbocycles. The molecular formula is C22H20BrNO4. The number of carbonyl (C=O) groups excluding carboxylic acids is 3. The third-order valence-corrected chi connectivity index (χ3v) is 6.08. The zero-order chi connectivity index (χ0) is 19.8. The summed E-state index contributed by atoms with van der Waals surface area (Å²) in [4.78, 5) is 39.3. The van der Waals surface area contributed by atoms with Crippen LogP contribution in [0.1, 0.15) is 36.5 Å². The van der Waals surface area contributed by atoms with Gasteiger partial charge in [-0.2, -0.15) is 0 Å². The molecule has 0 unspecified atom stereocenters. The van der Waals surface area contributed by atoms with Gasteiger partial charge in [0.1, 0.15) is 5.75 Å². The Morgan fingerprint density at radius 3 is 2.50 bits per heavy atom. The van der Waals surface area contributed by atoms with Crippen LogP contribution >= 0.6 is 15.9 Å². The molecule has 1 heterocycles. The highest BCUT2D eigenvalue weighted by Gasteiger charge is 2.50. The van der Waals surface area contributed by atoms with Crippen molar-refractivity contribution in [3.63, 3.8) is 0 Å². The smallest absolute Gasteiger partial charge is 0.343 e. The van der Waals surface area contributed by atoms with Crippen LogP contribution in [0, 0.1) is 17.8 Å². The van der Waals surface area contributed by atoms with E-state index < -0.39 is 5.97 Å². The van der Waals surface area contributed by atoms with Crippen LogP contribution < -0.4 is 9.64 Å². The molecule has 4 rings (SSSR count). The van der Waals surface area contributed by atoms with Gasteiger partial charge >= 0.3 is 5.97 Å². The van der Waals surface area contributed by atoms with Crippen LogP contribution in [-0.2, 0) is 9.59 Å². The van der Waals surface area contributed by atoms with Crippen LogP contribution in [-0.4, -0.2) is 17.8 Å². The fourth-order valence-corrected chi connectivity index (χ4v) is 4.35. The molecule has 1 saturated heterocycles. The molecular weight excluding hydrogens is 422 g/mol. The third kappa shape index (κ3) is 3.49. The number of esters is 1. The molecule has 1 aliphatic heterocycles. The number of anilines is 1. The summed E-state index contributed by atoms with van der Waals surface area (Å²) in [6.45, 7) is 2.12. The minimum atomic E-state index is -0.494. The minimum absolute atomic E-state index is 0.140. The lowest BCUT2D eigenvalue weighted by atomic mass is 9.76. The van der Waals surface area contributed by atoms with Crippen LogP contribution in [0.5, 0.6) is 5.75 Å². The standard InChI is InChI=1S/C22H20BrNO4/c1-13-5-10-18-19(11-13)21(26)24(20(18)25)16-3-2-4-17(12-16)28-22(27)14-6-8-15(23)9-7-14/h2-4,6-9,12-13,18-19H,5,10-11H2,1H3/t13-,18-,19+/m0/s1. The Labute approximate surface area is 171 Å². The summed E-state index contributed by atoms with van der Waals surface area (Å²) in [6.07, 6.45) is 2.48. The number of halogens is 1. The molecule has 28 heavy (non-hydrogen) atoms. The van der Waals surface area contributed by atoms with Gasteiger partial charge < -0.3 is 4.74 Å². The Morgan fingerprint density at radius 1 is 1.04 bits per heavy atom. The fourth-order valence-electron chi connectivity index (χ4n) is 4.08. The first-order valence-electron chi connectivity index (χ1n) is 9.39. The molecule has 0 N–H and O–H groups in total. The van der Waals surface area contributed by atoms with Crippen molar-refractivity contribution in [2.75, 3.05) is 4.90 Å². The van der Waals surface area contributed by atoms with Crippen molar-refractivity contribution in [1.29, 1.82) is 0 Å². The highest BCUT2D eigenvalue weighted by Crippen LogP contribution is 2.42. The number of fused-ring (bicyclic) bond motifs is 1. The summed E-state index contributed by atoms with van der Waals surface area (Å²) in [7, 11) is 0. The molecule has 0 bridgehead atoms. The van der Waals surface area contributed by atoms with Crippen LogP contribution in [0.15, 0.2) is 53.0 Å². The molecule has 0 aromatic heterocycles. The maximum Gasteiger partial charge on any atom is 0.343 e. The van der Waals surface area contributed by atoms with E-state index in [2.05, 4.69) is 22.9 Å². The van der Waals surface area contributed by atoms with Gasteiger partial charge in [0, 0.05) is 10.5 Å². The Kier molecular flexibility index (Phi) is 5.06. The van der Waals surface area contributed by atoms with Gasteiger partial charge in [-0.25, -0.2) is 9.69 Å². The van der Waals surface area contributed by atoms with E-state index in [9.17, 15) is 14.4 Å². The fraction of sp³-hybridized carbons (Fsp3) is 0.318. The van der Waals surface area contributed by atoms with E-state index in [-0.39, 0.29) is 23.7 Å². The summed E-state index contributed by atoms with van der Waals surface area (Å²) < 4.78 is 6.31. The molecule has 2 aromatic carbocycles. The van der Waals surface area contributed by atoms with Gasteiger partial charge in [0.05, 0.1) is 23.1 Å². The van der Waals surface area contributed by atoms with E-state index in [1.807, 2.05) is 0 Å². The van der Waals surface area contributed by atoms with Crippen molar-refractivity contribution in [3.8, 4) is 5.75 Å². The second-order valence-corrected chi connectivity index (χ2v) is 8.45. The van der Waals surface area contributed by atoms with E-state index in [1.165, 1.54) is 4.90 Å². The summed E-state index contributed by atoms with van der Waals surface area (Å²) >= 11 is 3.33. The number of nitrogens with zero attached hydrogens (tertiary/aromatic N) is 1. The predicted molar refractivity (Wildman–Crippen MR) is 108 cm³/mol. The maximum atomic E-state index is 12.9.